The average Bonchev–Trinajstić information content (AvgIpc) is 3.02. The average molecular weight is 535 g/mol. The molecule has 0 saturated heterocycles. The van der Waals surface area contributed by atoms with Gasteiger partial charge in [-0.15, -0.1) is 0 Å². The minimum atomic E-state index is -0.393. The third-order valence-corrected chi connectivity index (χ3v) is 7.55. The van der Waals surface area contributed by atoms with Crippen LogP contribution in [-0.2, 0) is 12.1 Å². The molecule has 4 N–H and O–H groups in total. The quantitative estimate of drug-likeness (QED) is 0.105. The highest BCUT2D eigenvalue weighted by atomic mass is 15.1. The summed E-state index contributed by atoms with van der Waals surface area (Å²) in [7, 11) is 0. The first-order chi connectivity index (χ1) is 19.8. The Kier molecular flexibility index (Phi) is 12.4. The Morgan fingerprint density at radius 1 is 0.525 bits per heavy atom. The molecule has 210 valence electrons. The van der Waals surface area contributed by atoms with Crippen molar-refractivity contribution in [2.75, 3.05) is 39.3 Å². The van der Waals surface area contributed by atoms with Crippen LogP contribution in [0.5, 0.6) is 0 Å². The molecule has 0 bridgehead atoms. The predicted octanol–water partition coefficient (Wildman–Crippen LogP) is 6.18. The summed E-state index contributed by atoms with van der Waals surface area (Å²) in [4.78, 5) is 2.54. The Hall–Kier alpha value is -3.28. The summed E-state index contributed by atoms with van der Waals surface area (Å²) >= 11 is 0. The van der Waals surface area contributed by atoms with Crippen LogP contribution in [-0.4, -0.2) is 44.2 Å². The largest absolute Gasteiger partial charge is 0.330 e. The maximum Gasteiger partial charge on any atom is 0.0947 e. The number of nitrogens with one attached hydrogen (secondary N) is 2. The summed E-state index contributed by atoms with van der Waals surface area (Å²) in [5.74, 6) is 0. The molecule has 0 aliphatic heterocycles. The number of hydrogen-bond donors (Lipinski definition) is 3. The van der Waals surface area contributed by atoms with E-state index in [4.69, 9.17) is 5.73 Å². The smallest absolute Gasteiger partial charge is 0.0947 e. The van der Waals surface area contributed by atoms with Gasteiger partial charge in [-0.3, -0.25) is 10.2 Å². The van der Waals surface area contributed by atoms with E-state index in [1.807, 2.05) is 0 Å². The molecule has 0 fully saturated rings. The molecular formula is C36H46N4. The number of rotatable bonds is 18. The number of nitrogens with two attached hydrogens (primary N) is 1. The molecule has 4 heteroatoms. The van der Waals surface area contributed by atoms with E-state index in [0.29, 0.717) is 0 Å². The van der Waals surface area contributed by atoms with E-state index >= 15 is 0 Å². The second-order valence-electron chi connectivity index (χ2n) is 10.5. The first-order valence-corrected chi connectivity index (χ1v) is 14.9. The zero-order valence-corrected chi connectivity index (χ0v) is 23.8. The second kappa shape index (κ2) is 16.7. The minimum Gasteiger partial charge on any atom is -0.330 e. The standard InChI is InChI=1S/C36H46N4/c37-25-15-30-40(31-32-17-5-1-6-18-32)29-14-13-26-38-27-16-28-39-36(33-19-7-2-8-20-33,34-21-9-3-10-22-34)35-23-11-4-12-24-35/h1-12,17-24,38-39H,13-16,25-31,37H2. The molecule has 0 spiro atoms. The fourth-order valence-corrected chi connectivity index (χ4v) is 5.50. The van der Waals surface area contributed by atoms with Crippen molar-refractivity contribution in [3.05, 3.63) is 144 Å². The highest BCUT2D eigenvalue weighted by molar-refractivity contribution is 5.49. The van der Waals surface area contributed by atoms with Gasteiger partial charge in [-0.05, 0) is 87.2 Å². The van der Waals surface area contributed by atoms with Crippen molar-refractivity contribution in [3.8, 4) is 0 Å². The molecule has 0 saturated carbocycles. The molecule has 0 aliphatic carbocycles. The van der Waals surface area contributed by atoms with Crippen molar-refractivity contribution >= 4 is 0 Å². The topological polar surface area (TPSA) is 53.3 Å². The van der Waals surface area contributed by atoms with E-state index in [1.165, 1.54) is 35.1 Å². The van der Waals surface area contributed by atoms with Crippen LogP contribution in [0, 0.1) is 0 Å². The lowest BCUT2D eigenvalue weighted by Gasteiger charge is -2.37. The number of unbranched alkanes of at least 4 members (excludes halogenated alkanes) is 1. The number of nitrogens with zero attached hydrogens (tertiary/aromatic N) is 1. The minimum absolute atomic E-state index is 0.393. The Morgan fingerprint density at radius 3 is 1.52 bits per heavy atom. The predicted molar refractivity (Wildman–Crippen MR) is 169 cm³/mol. The van der Waals surface area contributed by atoms with Gasteiger partial charge in [0.05, 0.1) is 5.54 Å². The van der Waals surface area contributed by atoms with Crippen molar-refractivity contribution in [2.45, 2.75) is 37.8 Å². The first kappa shape index (κ1) is 29.7. The molecule has 4 aromatic carbocycles. The van der Waals surface area contributed by atoms with Crippen LogP contribution in [0.2, 0.25) is 0 Å². The summed E-state index contributed by atoms with van der Waals surface area (Å²) in [6, 6.07) is 43.3. The van der Waals surface area contributed by atoms with Gasteiger partial charge in [0.1, 0.15) is 0 Å². The molecule has 4 rings (SSSR count). The highest BCUT2D eigenvalue weighted by Gasteiger charge is 2.35. The monoisotopic (exact) mass is 534 g/mol. The fourth-order valence-electron chi connectivity index (χ4n) is 5.50. The molecule has 0 amide bonds. The molecule has 0 atom stereocenters. The molecular weight excluding hydrogens is 488 g/mol. The Balaban J connectivity index is 1.27. The third-order valence-electron chi connectivity index (χ3n) is 7.55. The van der Waals surface area contributed by atoms with Gasteiger partial charge in [-0.1, -0.05) is 121 Å². The van der Waals surface area contributed by atoms with Crippen molar-refractivity contribution in [1.82, 2.24) is 15.5 Å². The summed E-state index contributed by atoms with van der Waals surface area (Å²) < 4.78 is 0. The Labute approximate surface area is 241 Å². The van der Waals surface area contributed by atoms with Crippen LogP contribution in [0.25, 0.3) is 0 Å². The van der Waals surface area contributed by atoms with Crippen LogP contribution in [0.15, 0.2) is 121 Å². The number of benzene rings is 4. The maximum atomic E-state index is 5.79. The van der Waals surface area contributed by atoms with Crippen LogP contribution in [0.1, 0.15) is 47.9 Å². The zero-order valence-electron chi connectivity index (χ0n) is 23.8. The molecule has 0 aromatic heterocycles. The van der Waals surface area contributed by atoms with Crippen LogP contribution in [0.3, 0.4) is 0 Å². The van der Waals surface area contributed by atoms with Crippen molar-refractivity contribution in [1.29, 1.82) is 0 Å². The van der Waals surface area contributed by atoms with Gasteiger partial charge in [-0.25, -0.2) is 0 Å². The molecule has 0 unspecified atom stereocenters. The van der Waals surface area contributed by atoms with Gasteiger partial charge in [0.15, 0.2) is 0 Å². The number of hydrogen-bond acceptors (Lipinski definition) is 4. The Morgan fingerprint density at radius 2 is 1.00 bits per heavy atom. The summed E-state index contributed by atoms with van der Waals surface area (Å²) in [5, 5.41) is 7.66. The lowest BCUT2D eigenvalue weighted by atomic mass is 9.77. The summed E-state index contributed by atoms with van der Waals surface area (Å²) in [5.41, 5.74) is 10.6. The molecule has 0 aliphatic rings. The Bertz CT molecular complexity index is 1090. The van der Waals surface area contributed by atoms with Gasteiger partial charge >= 0.3 is 0 Å². The summed E-state index contributed by atoms with van der Waals surface area (Å²) in [6.07, 6.45) is 4.49. The molecule has 4 aromatic rings. The summed E-state index contributed by atoms with van der Waals surface area (Å²) in [6.45, 7) is 6.91. The fraction of sp³-hybridized carbons (Fsp3) is 0.333. The van der Waals surface area contributed by atoms with Gasteiger partial charge in [0.25, 0.3) is 0 Å². The highest BCUT2D eigenvalue weighted by Crippen LogP contribution is 2.36. The van der Waals surface area contributed by atoms with Crippen molar-refractivity contribution in [2.24, 2.45) is 5.73 Å². The van der Waals surface area contributed by atoms with Gasteiger partial charge in [-0.2, -0.15) is 0 Å². The van der Waals surface area contributed by atoms with Gasteiger partial charge in [0.2, 0.25) is 0 Å². The van der Waals surface area contributed by atoms with E-state index in [9.17, 15) is 0 Å². The van der Waals surface area contributed by atoms with Gasteiger partial charge < -0.3 is 11.1 Å². The molecule has 4 nitrogen and oxygen atoms in total. The lowest BCUT2D eigenvalue weighted by molar-refractivity contribution is 0.257. The normalized spacial score (nSPS) is 11.7. The molecule has 0 heterocycles. The molecule has 40 heavy (non-hydrogen) atoms. The van der Waals surface area contributed by atoms with Crippen LogP contribution in [0.4, 0.5) is 0 Å². The maximum absolute atomic E-state index is 5.79. The molecule has 0 radical (unpaired) electrons. The SMILES string of the molecule is NCCCN(CCCCNCCCNC(c1ccccc1)(c1ccccc1)c1ccccc1)Cc1ccccc1. The van der Waals surface area contributed by atoms with Crippen LogP contribution >= 0.6 is 0 Å². The van der Waals surface area contributed by atoms with Gasteiger partial charge in [0, 0.05) is 6.54 Å². The zero-order chi connectivity index (χ0) is 27.7. The lowest BCUT2D eigenvalue weighted by Crippen LogP contribution is -2.45. The van der Waals surface area contributed by atoms with E-state index < -0.39 is 5.54 Å². The third kappa shape index (κ3) is 8.61. The van der Waals surface area contributed by atoms with E-state index in [0.717, 1.165) is 58.7 Å². The van der Waals surface area contributed by atoms with E-state index in [2.05, 4.69) is 137 Å². The first-order valence-electron chi connectivity index (χ1n) is 14.9. The van der Waals surface area contributed by atoms with E-state index in [1.54, 1.807) is 0 Å². The van der Waals surface area contributed by atoms with Crippen LogP contribution < -0.4 is 16.4 Å². The van der Waals surface area contributed by atoms with Crippen molar-refractivity contribution < 1.29 is 0 Å². The van der Waals surface area contributed by atoms with Crippen molar-refractivity contribution in [3.63, 3.8) is 0 Å². The van der Waals surface area contributed by atoms with E-state index in [-0.39, 0.29) is 0 Å². The second-order valence-corrected chi connectivity index (χ2v) is 10.5.